The number of rotatable bonds is 2. The molecule has 0 bridgehead atoms. The number of likely N-dealkylation sites (N-methyl/N-ethyl adjacent to an activating group) is 1. The third-order valence-corrected chi connectivity index (χ3v) is 4.79. The fourth-order valence-electron chi connectivity index (χ4n) is 3.51. The largest absolute Gasteiger partial charge is 0.507 e. The van der Waals surface area contributed by atoms with E-state index in [9.17, 15) is 23.1 Å². The number of hydrogen-bond acceptors (Lipinski definition) is 3. The number of alkyl halides is 3. The number of hydrogen-bond donors (Lipinski definition) is 1. The Bertz CT molecular complexity index is 874. The van der Waals surface area contributed by atoms with Crippen molar-refractivity contribution in [2.75, 3.05) is 20.1 Å². The lowest BCUT2D eigenvalue weighted by Gasteiger charge is -2.31. The minimum Gasteiger partial charge on any atom is -0.507 e. The fourth-order valence-corrected chi connectivity index (χ4v) is 3.51. The van der Waals surface area contributed by atoms with Crippen LogP contribution in [-0.2, 0) is 6.18 Å². The van der Waals surface area contributed by atoms with Crippen molar-refractivity contribution in [3.8, 4) is 16.9 Å². The summed E-state index contributed by atoms with van der Waals surface area (Å²) < 4.78 is 40.1. The van der Waals surface area contributed by atoms with Gasteiger partial charge in [0, 0.05) is 24.3 Å². The van der Waals surface area contributed by atoms with E-state index in [1.54, 1.807) is 16.8 Å². The zero-order valence-corrected chi connectivity index (χ0v) is 14.7. The van der Waals surface area contributed by atoms with Crippen LogP contribution in [0.1, 0.15) is 30.0 Å². The lowest BCUT2D eigenvalue weighted by Crippen LogP contribution is -2.38. The molecule has 26 heavy (non-hydrogen) atoms. The van der Waals surface area contributed by atoms with Crippen LogP contribution >= 0.6 is 0 Å². The van der Waals surface area contributed by atoms with E-state index in [4.69, 9.17) is 0 Å². The molecule has 1 aliphatic heterocycles. The molecule has 0 radical (unpaired) electrons. The highest BCUT2D eigenvalue weighted by atomic mass is 19.4. The second-order valence-electron chi connectivity index (χ2n) is 6.93. The summed E-state index contributed by atoms with van der Waals surface area (Å²) in [6.07, 6.45) is -0.930. The van der Waals surface area contributed by atoms with Gasteiger partial charge >= 0.3 is 6.18 Å². The van der Waals surface area contributed by atoms with E-state index in [-0.39, 0.29) is 22.7 Å². The quantitative estimate of drug-likeness (QED) is 0.879. The number of phenols is 1. The Kier molecular flexibility index (Phi) is 4.84. The van der Waals surface area contributed by atoms with Gasteiger partial charge in [-0.05, 0) is 63.2 Å². The molecule has 1 N–H and O–H groups in total. The number of likely N-dealkylation sites (tertiary alicyclic amines) is 1. The van der Waals surface area contributed by atoms with Crippen molar-refractivity contribution < 1.29 is 18.3 Å². The number of aromatic nitrogens is 1. The van der Waals surface area contributed by atoms with Gasteiger partial charge in [-0.25, -0.2) is 0 Å². The average molecular weight is 366 g/mol. The van der Waals surface area contributed by atoms with Crippen molar-refractivity contribution in [2.45, 2.75) is 32.0 Å². The van der Waals surface area contributed by atoms with E-state index in [0.717, 1.165) is 43.6 Å². The molecule has 2 heterocycles. The monoisotopic (exact) mass is 366 g/mol. The fraction of sp³-hybridized carbons (Fsp3) is 0.421. The molecule has 7 heteroatoms. The number of nitrogens with zero attached hydrogens (tertiary/aromatic N) is 2. The van der Waals surface area contributed by atoms with Gasteiger partial charge in [0.15, 0.2) is 0 Å². The third kappa shape index (κ3) is 3.62. The van der Waals surface area contributed by atoms with Crippen molar-refractivity contribution in [2.24, 2.45) is 0 Å². The zero-order chi connectivity index (χ0) is 19.1. The van der Waals surface area contributed by atoms with Gasteiger partial charge in [0.05, 0.1) is 11.1 Å². The summed E-state index contributed by atoms with van der Waals surface area (Å²) in [6.45, 7) is 3.54. The number of piperidine rings is 1. The molecule has 1 saturated heterocycles. The SMILES string of the molecule is Cc1cc(-c2ccc(C(F)(F)F)cc2O)c(=O)n([C@@H]2CCCN(C)C2)c1. The van der Waals surface area contributed by atoms with Crippen molar-refractivity contribution in [3.63, 3.8) is 0 Å². The molecule has 3 rings (SSSR count). The Morgan fingerprint density at radius 2 is 1.92 bits per heavy atom. The van der Waals surface area contributed by atoms with Crippen LogP contribution in [0.2, 0.25) is 0 Å². The first-order chi connectivity index (χ1) is 12.2. The predicted molar refractivity (Wildman–Crippen MR) is 93.3 cm³/mol. The number of aromatic hydroxyl groups is 1. The number of aryl methyl sites for hydroxylation is 1. The molecule has 4 nitrogen and oxygen atoms in total. The molecule has 0 aliphatic carbocycles. The molecule has 0 amide bonds. The highest BCUT2D eigenvalue weighted by molar-refractivity contribution is 5.70. The van der Waals surface area contributed by atoms with Crippen LogP contribution in [0.15, 0.2) is 35.3 Å². The maximum Gasteiger partial charge on any atom is 0.416 e. The average Bonchev–Trinajstić information content (AvgIpc) is 2.56. The molecule has 0 unspecified atom stereocenters. The number of phenolic OH excluding ortho intramolecular Hbond substituents is 1. The summed E-state index contributed by atoms with van der Waals surface area (Å²) in [6, 6.07) is 4.32. The Morgan fingerprint density at radius 3 is 2.54 bits per heavy atom. The first-order valence-electron chi connectivity index (χ1n) is 8.48. The number of halogens is 3. The summed E-state index contributed by atoms with van der Waals surface area (Å²) in [5.41, 5.74) is -0.104. The van der Waals surface area contributed by atoms with Crippen molar-refractivity contribution in [3.05, 3.63) is 51.9 Å². The molecule has 1 atom stereocenters. The third-order valence-electron chi connectivity index (χ3n) is 4.79. The molecular formula is C19H21F3N2O2. The standard InChI is InChI=1S/C19H21F3N2O2/c1-12-8-16(15-6-5-13(9-17(15)25)19(20,21)22)18(26)24(10-12)14-4-3-7-23(2)11-14/h5-6,8-10,14,25H,3-4,7,11H2,1-2H3/t14-/m1/s1. The van der Waals surface area contributed by atoms with Crippen molar-refractivity contribution in [1.29, 1.82) is 0 Å². The van der Waals surface area contributed by atoms with E-state index in [1.807, 2.05) is 14.0 Å². The maximum atomic E-state index is 13.0. The molecule has 140 valence electrons. The first kappa shape index (κ1) is 18.5. The smallest absolute Gasteiger partial charge is 0.416 e. The Balaban J connectivity index is 2.08. The van der Waals surface area contributed by atoms with Gasteiger partial charge in [-0.15, -0.1) is 0 Å². The molecule has 1 aromatic carbocycles. The summed E-state index contributed by atoms with van der Waals surface area (Å²) >= 11 is 0. The van der Waals surface area contributed by atoms with Gasteiger partial charge in [-0.3, -0.25) is 4.79 Å². The molecule has 1 fully saturated rings. The van der Waals surface area contributed by atoms with Crippen LogP contribution < -0.4 is 5.56 Å². The topological polar surface area (TPSA) is 45.5 Å². The van der Waals surface area contributed by atoms with Crippen LogP contribution in [-0.4, -0.2) is 34.7 Å². The summed E-state index contributed by atoms with van der Waals surface area (Å²) in [5.74, 6) is -0.546. The molecule has 2 aromatic rings. The number of pyridine rings is 1. The van der Waals surface area contributed by atoms with Gasteiger partial charge in [0.2, 0.25) is 0 Å². The van der Waals surface area contributed by atoms with Gasteiger partial charge in [0.25, 0.3) is 5.56 Å². The lowest BCUT2D eigenvalue weighted by atomic mass is 10.0. The maximum absolute atomic E-state index is 13.0. The van der Waals surface area contributed by atoms with Crippen molar-refractivity contribution >= 4 is 0 Å². The lowest BCUT2D eigenvalue weighted by molar-refractivity contribution is -0.137. The number of benzene rings is 1. The van der Waals surface area contributed by atoms with E-state index in [1.165, 1.54) is 0 Å². The van der Waals surface area contributed by atoms with Gasteiger partial charge < -0.3 is 14.6 Å². The van der Waals surface area contributed by atoms with Crippen LogP contribution in [0.4, 0.5) is 13.2 Å². The normalized spacial score (nSPS) is 18.9. The summed E-state index contributed by atoms with van der Waals surface area (Å²) in [7, 11) is 2.00. The Labute approximate surface area is 149 Å². The highest BCUT2D eigenvalue weighted by Crippen LogP contribution is 2.36. The van der Waals surface area contributed by atoms with E-state index >= 15 is 0 Å². The second kappa shape index (κ2) is 6.79. The Morgan fingerprint density at radius 1 is 1.19 bits per heavy atom. The molecular weight excluding hydrogens is 345 g/mol. The second-order valence-corrected chi connectivity index (χ2v) is 6.93. The van der Waals surface area contributed by atoms with Gasteiger partial charge in [0.1, 0.15) is 5.75 Å². The van der Waals surface area contributed by atoms with E-state index in [2.05, 4.69) is 4.90 Å². The van der Waals surface area contributed by atoms with Crippen LogP contribution in [0, 0.1) is 6.92 Å². The summed E-state index contributed by atoms with van der Waals surface area (Å²) in [4.78, 5) is 15.1. The molecule has 0 spiro atoms. The molecule has 0 saturated carbocycles. The minimum absolute atomic E-state index is 0.0106. The Hall–Kier alpha value is -2.28. The van der Waals surface area contributed by atoms with Crippen LogP contribution in [0.25, 0.3) is 11.1 Å². The molecule has 1 aliphatic rings. The van der Waals surface area contributed by atoms with Crippen molar-refractivity contribution in [1.82, 2.24) is 9.47 Å². The summed E-state index contributed by atoms with van der Waals surface area (Å²) in [5, 5.41) is 10.1. The predicted octanol–water partition coefficient (Wildman–Crippen LogP) is 3.81. The first-order valence-corrected chi connectivity index (χ1v) is 8.48. The molecule has 1 aromatic heterocycles. The highest BCUT2D eigenvalue weighted by Gasteiger charge is 2.31. The van der Waals surface area contributed by atoms with E-state index in [0.29, 0.717) is 6.07 Å². The van der Waals surface area contributed by atoms with Gasteiger partial charge in [-0.1, -0.05) is 0 Å². The zero-order valence-electron chi connectivity index (χ0n) is 14.7. The minimum atomic E-state index is -4.55. The van der Waals surface area contributed by atoms with Crippen LogP contribution in [0.3, 0.4) is 0 Å². The van der Waals surface area contributed by atoms with E-state index < -0.39 is 17.5 Å². The van der Waals surface area contributed by atoms with Gasteiger partial charge in [-0.2, -0.15) is 13.2 Å². The van der Waals surface area contributed by atoms with Crippen LogP contribution in [0.5, 0.6) is 5.75 Å².